The molecule has 0 amide bonds. The van der Waals surface area contributed by atoms with Crippen LogP contribution in [0, 0.1) is 34.0 Å². The van der Waals surface area contributed by atoms with E-state index in [1.807, 2.05) is 193 Å². The smallest absolute Gasteiger partial charge is 0.172 e. The summed E-state index contributed by atoms with van der Waals surface area (Å²) in [5.74, 6) is -1.99. The number of hydrogen-bond acceptors (Lipinski definition) is 9. The van der Waals surface area contributed by atoms with Gasteiger partial charge in [0.05, 0.1) is 16.2 Å². The van der Waals surface area contributed by atoms with E-state index in [1.165, 1.54) is 0 Å². The van der Waals surface area contributed by atoms with E-state index < -0.39 is 16.2 Å². The Hall–Kier alpha value is -6.29. The summed E-state index contributed by atoms with van der Waals surface area (Å²) in [6.07, 6.45) is 22.2. The minimum atomic E-state index is -1.21. The number of hydrogen-bond donors (Lipinski definition) is 3. The van der Waals surface area contributed by atoms with E-state index in [0.717, 1.165) is 50.2 Å². The van der Waals surface area contributed by atoms with Gasteiger partial charge in [-0.05, 0) is 218 Å². The fourth-order valence-electron chi connectivity index (χ4n) is 10.3. The van der Waals surface area contributed by atoms with Gasteiger partial charge in [0.2, 0.25) is 0 Å². The topological polar surface area (TPSA) is 163 Å². The molecule has 6 radical (unpaired) electrons. The van der Waals surface area contributed by atoms with Crippen molar-refractivity contribution >= 4 is 58.2 Å². The molecule has 1 unspecified atom stereocenters. The lowest BCUT2D eigenvalue weighted by molar-refractivity contribution is -0.126. The third-order valence-electron chi connectivity index (χ3n) is 16.6. The second-order valence-corrected chi connectivity index (χ2v) is 28.0. The van der Waals surface area contributed by atoms with Crippen LogP contribution in [-0.4, -0.2) is 73.6 Å². The van der Waals surface area contributed by atoms with E-state index in [9.17, 15) is 44.1 Å². The van der Waals surface area contributed by atoms with Gasteiger partial charge in [-0.15, -0.1) is 0 Å². The molecule has 0 fully saturated rings. The molecule has 0 aromatic carbocycles. The first-order chi connectivity index (χ1) is 41.6. The SMILES string of the molecule is [B]C1=C(CC=C(C)C)C(=O)C(CC=C(C)C)(CC=C(C)C)C(O)=C1C(=O)C(C)C.[B]C1=C(CC=C(C)C)C(=O)C(CC=C(C)C)(CC=C(C)C)C(O)=C1C(=O)C(C)CC.[B]C1=C(CC=C(C)C)C(=O)C(CC=C(C)C)(CC=C(C)C)C(O)=C1C(=O)CCC(C)C. The molecule has 3 aliphatic rings. The molecule has 0 aromatic heterocycles. The van der Waals surface area contributed by atoms with Gasteiger partial charge in [0.15, 0.2) is 34.7 Å². The van der Waals surface area contributed by atoms with Crippen LogP contribution in [0.3, 0.4) is 0 Å². The molecule has 0 aliphatic heterocycles. The predicted molar refractivity (Wildman–Crippen MR) is 379 cm³/mol. The summed E-state index contributed by atoms with van der Waals surface area (Å²) in [4.78, 5) is 80.7. The first kappa shape index (κ1) is 81.7. The van der Waals surface area contributed by atoms with E-state index in [1.54, 1.807) is 13.8 Å². The fraction of sp³-hybridized carbons (Fsp3) is 0.538. The Morgan fingerprint density at radius 3 is 0.844 bits per heavy atom. The number of ketones is 6. The summed E-state index contributed by atoms with van der Waals surface area (Å²) < 4.78 is 0. The van der Waals surface area contributed by atoms with Gasteiger partial charge in [-0.25, -0.2) is 0 Å². The molecule has 3 rings (SSSR count). The Balaban J connectivity index is 0.000000675. The third kappa shape index (κ3) is 22.0. The highest BCUT2D eigenvalue weighted by Gasteiger charge is 2.51. The molecule has 3 aliphatic carbocycles. The lowest BCUT2D eigenvalue weighted by Crippen LogP contribution is -2.40. The van der Waals surface area contributed by atoms with Crippen molar-refractivity contribution in [3.05, 3.63) is 172 Å². The summed E-state index contributed by atoms with van der Waals surface area (Å²) in [6.45, 7) is 46.7. The van der Waals surface area contributed by atoms with Crippen molar-refractivity contribution < 1.29 is 44.1 Å². The number of rotatable bonds is 27. The van der Waals surface area contributed by atoms with Crippen molar-refractivity contribution in [2.75, 3.05) is 0 Å². The molecule has 486 valence electrons. The second kappa shape index (κ2) is 36.7. The average Bonchev–Trinajstić information content (AvgIpc) is 0.778. The lowest BCUT2D eigenvalue weighted by Gasteiger charge is -2.37. The fourth-order valence-corrected chi connectivity index (χ4v) is 10.3. The van der Waals surface area contributed by atoms with E-state index in [-0.39, 0.29) is 96.9 Å². The maximum absolute atomic E-state index is 13.8. The maximum Gasteiger partial charge on any atom is 0.172 e. The monoisotopic (exact) mass is 1220 g/mol. The predicted octanol–water partition coefficient (Wildman–Crippen LogP) is 19.4. The third-order valence-corrected chi connectivity index (χ3v) is 16.6. The van der Waals surface area contributed by atoms with Crippen LogP contribution in [0.25, 0.3) is 0 Å². The van der Waals surface area contributed by atoms with Crippen LogP contribution in [0.1, 0.15) is 243 Å². The summed E-state index contributed by atoms with van der Waals surface area (Å²) in [7, 11) is 19.1. The number of allylic oxidation sites excluding steroid dienone is 30. The average molecular weight is 1230 g/mol. The Kier molecular flexibility index (Phi) is 33.3. The lowest BCUT2D eigenvalue weighted by atomic mass is 9.61. The first-order valence-corrected chi connectivity index (χ1v) is 32.3. The second-order valence-electron chi connectivity index (χ2n) is 28.0. The summed E-state index contributed by atoms with van der Waals surface area (Å²) in [6, 6.07) is 0. The molecule has 3 N–H and O–H groups in total. The van der Waals surface area contributed by atoms with Crippen molar-refractivity contribution in [2.45, 2.75) is 243 Å². The molecule has 9 nitrogen and oxygen atoms in total. The Morgan fingerprint density at radius 2 is 0.622 bits per heavy atom. The highest BCUT2D eigenvalue weighted by Crippen LogP contribution is 2.50. The number of carbonyl (C=O) groups excluding carboxylic acids is 6. The van der Waals surface area contributed by atoms with Crippen LogP contribution in [0.4, 0.5) is 0 Å². The van der Waals surface area contributed by atoms with E-state index in [2.05, 4.69) is 13.8 Å². The van der Waals surface area contributed by atoms with Crippen molar-refractivity contribution in [3.8, 4) is 0 Å². The summed E-state index contributed by atoms with van der Waals surface area (Å²) in [5, 5.41) is 34.1. The maximum atomic E-state index is 13.8. The van der Waals surface area contributed by atoms with Crippen LogP contribution in [0.15, 0.2) is 172 Å². The van der Waals surface area contributed by atoms with Gasteiger partial charge in [-0.2, -0.15) is 0 Å². The minimum Gasteiger partial charge on any atom is -0.510 e. The molecule has 0 saturated heterocycles. The Labute approximate surface area is 548 Å². The zero-order valence-corrected chi connectivity index (χ0v) is 59.9. The van der Waals surface area contributed by atoms with Gasteiger partial charge in [0.25, 0.3) is 0 Å². The highest BCUT2D eigenvalue weighted by molar-refractivity contribution is 6.35. The molecule has 1 atom stereocenters. The molecule has 0 heterocycles. The highest BCUT2D eigenvalue weighted by atomic mass is 16.3. The van der Waals surface area contributed by atoms with E-state index in [4.69, 9.17) is 23.5 Å². The zero-order valence-electron chi connectivity index (χ0n) is 59.9. The minimum absolute atomic E-state index is 0.112. The molecule has 0 spiro atoms. The normalized spacial score (nSPS) is 16.3. The quantitative estimate of drug-likeness (QED) is 0.0537. The summed E-state index contributed by atoms with van der Waals surface area (Å²) >= 11 is 0. The molecule has 0 bridgehead atoms. The van der Waals surface area contributed by atoms with Crippen LogP contribution < -0.4 is 0 Å². The molecule has 0 aromatic rings. The summed E-state index contributed by atoms with van der Waals surface area (Å²) in [5.41, 5.74) is 7.92. The van der Waals surface area contributed by atoms with Crippen molar-refractivity contribution in [2.24, 2.45) is 34.0 Å². The zero-order chi connectivity index (χ0) is 69.7. The Morgan fingerprint density at radius 1 is 0.389 bits per heavy atom. The van der Waals surface area contributed by atoms with Crippen LogP contribution >= 0.6 is 0 Å². The number of aliphatic hydroxyl groups is 3. The van der Waals surface area contributed by atoms with Gasteiger partial charge in [-0.1, -0.05) is 163 Å². The van der Waals surface area contributed by atoms with Crippen molar-refractivity contribution in [3.63, 3.8) is 0 Å². The first-order valence-electron chi connectivity index (χ1n) is 32.3. The van der Waals surface area contributed by atoms with Gasteiger partial charge < -0.3 is 15.3 Å². The van der Waals surface area contributed by atoms with Gasteiger partial charge >= 0.3 is 0 Å². The van der Waals surface area contributed by atoms with Crippen molar-refractivity contribution in [1.29, 1.82) is 0 Å². The van der Waals surface area contributed by atoms with Crippen LogP contribution in [0.5, 0.6) is 0 Å². The molecule has 0 saturated carbocycles. The van der Waals surface area contributed by atoms with Crippen LogP contribution in [-0.2, 0) is 28.8 Å². The molecular weight excluding hydrogens is 1110 g/mol. The number of aliphatic hydroxyl groups excluding tert-OH is 3. The van der Waals surface area contributed by atoms with Gasteiger partial charge in [-0.3, -0.25) is 28.8 Å². The molecule has 90 heavy (non-hydrogen) atoms. The van der Waals surface area contributed by atoms with E-state index in [0.29, 0.717) is 99.7 Å². The largest absolute Gasteiger partial charge is 0.510 e. The Bertz CT molecular complexity index is 3120. The van der Waals surface area contributed by atoms with E-state index >= 15 is 0 Å². The molecule has 12 heteroatoms. The standard InChI is InChI=1S/C27H39BO3.C26H37BO3.C25H35BO3/c1-17(2)9-11-21-24(28)23(22(29)12-10-18(3)4)26(31)27(25(21)30,15-13-19(5)6)16-14-20(7)8;1-9-19(8)23(28)21-22(27)20(11-10-16(2)3)24(29)26(25(21)30,14-12-17(4)5)15-13-18(6)7;1-15(2)9-10-19-21(26)20(22(27)18(7)8)24(29)25(23(19)28,13-11-16(3)4)14-12-17(5)6/h9,13-14,18,31H,10-12,15-16H2,1-8H3;10,12-13,19,30H,9,11,14-15H2,1-8H3;9,11-12,18,29H,10,13-14H2,1-8H3. The van der Waals surface area contributed by atoms with Crippen molar-refractivity contribution in [1.82, 2.24) is 0 Å². The van der Waals surface area contributed by atoms with Gasteiger partial charge in [0, 0.05) is 35.0 Å². The van der Waals surface area contributed by atoms with Crippen LogP contribution in [0.2, 0.25) is 0 Å². The number of Topliss-reactive ketones (excluding diaryl/α,β-unsaturated/α-hetero) is 6. The molecular formula is C78H111B3O9. The van der Waals surface area contributed by atoms with Gasteiger partial charge in [0.1, 0.15) is 40.8 Å². The number of carbonyl (C=O) groups is 6.